The molecule has 0 fully saturated rings. The van der Waals surface area contributed by atoms with Gasteiger partial charge in [-0.1, -0.05) is 27.7 Å². The van der Waals surface area contributed by atoms with Gasteiger partial charge in [-0.15, -0.1) is 0 Å². The quantitative estimate of drug-likeness (QED) is 0.822. The highest BCUT2D eigenvalue weighted by molar-refractivity contribution is 5.53. The Morgan fingerprint density at radius 2 is 1.85 bits per heavy atom. The summed E-state index contributed by atoms with van der Waals surface area (Å²) in [5.74, 6) is 2.21. The van der Waals surface area contributed by atoms with E-state index in [4.69, 9.17) is 9.97 Å². The molecule has 2 aromatic heterocycles. The lowest BCUT2D eigenvalue weighted by atomic mass is 9.80. The van der Waals surface area contributed by atoms with E-state index < -0.39 is 0 Å². The molecule has 0 aromatic carbocycles. The van der Waals surface area contributed by atoms with Crippen molar-refractivity contribution in [3.8, 4) is 0 Å². The van der Waals surface area contributed by atoms with E-state index in [1.807, 2.05) is 18.5 Å². The van der Waals surface area contributed by atoms with Gasteiger partial charge in [-0.25, -0.2) is 0 Å². The third-order valence-corrected chi connectivity index (χ3v) is 6.15. The van der Waals surface area contributed by atoms with Crippen LogP contribution < -0.4 is 5.32 Å². The molecule has 0 radical (unpaired) electrons. The van der Waals surface area contributed by atoms with Crippen molar-refractivity contribution in [2.75, 3.05) is 5.32 Å². The van der Waals surface area contributed by atoms with Crippen LogP contribution in [0.3, 0.4) is 0 Å². The van der Waals surface area contributed by atoms with E-state index >= 15 is 0 Å². The third-order valence-electron chi connectivity index (χ3n) is 6.15. The van der Waals surface area contributed by atoms with Crippen molar-refractivity contribution in [2.24, 2.45) is 11.8 Å². The van der Waals surface area contributed by atoms with Gasteiger partial charge in [-0.3, -0.25) is 15.0 Å². The van der Waals surface area contributed by atoms with Crippen LogP contribution in [0.15, 0.2) is 24.5 Å². The average Bonchev–Trinajstić information content (AvgIpc) is 2.65. The number of nitrogens with one attached hydrogen (secondary N) is 1. The van der Waals surface area contributed by atoms with Crippen molar-refractivity contribution in [3.63, 3.8) is 0 Å². The Balaban J connectivity index is 1.66. The Bertz CT molecular complexity index is 783. The second-order valence-electron chi connectivity index (χ2n) is 8.59. The zero-order chi connectivity index (χ0) is 18.3. The summed E-state index contributed by atoms with van der Waals surface area (Å²) in [7, 11) is 0. The highest BCUT2D eigenvalue weighted by Gasteiger charge is 2.32. The topological polar surface area (TPSA) is 50.7 Å². The number of rotatable bonds is 3. The van der Waals surface area contributed by atoms with Gasteiger partial charge in [0.25, 0.3) is 0 Å². The SMILES string of the molecule is CC(C)C1CC(c2cnc3c(n2)CCCC3C(C)C)Nc2cccnc21. The van der Waals surface area contributed by atoms with Gasteiger partial charge in [0.15, 0.2) is 0 Å². The summed E-state index contributed by atoms with van der Waals surface area (Å²) in [6.07, 6.45) is 8.50. The molecule has 2 aromatic rings. The van der Waals surface area contributed by atoms with Crippen molar-refractivity contribution in [1.29, 1.82) is 0 Å². The molecule has 0 saturated carbocycles. The first-order valence-corrected chi connectivity index (χ1v) is 10.1. The van der Waals surface area contributed by atoms with E-state index in [2.05, 4.69) is 44.1 Å². The first kappa shape index (κ1) is 17.4. The number of anilines is 1. The molecule has 1 N–H and O–H groups in total. The maximum absolute atomic E-state index is 5.09. The molecule has 26 heavy (non-hydrogen) atoms. The number of pyridine rings is 1. The maximum atomic E-state index is 5.09. The van der Waals surface area contributed by atoms with Crippen molar-refractivity contribution in [3.05, 3.63) is 47.3 Å². The number of aryl methyl sites for hydroxylation is 1. The Morgan fingerprint density at radius 3 is 2.62 bits per heavy atom. The molecular formula is C22H30N4. The molecule has 0 amide bonds. The largest absolute Gasteiger partial charge is 0.375 e. The lowest BCUT2D eigenvalue weighted by molar-refractivity contribution is 0.406. The summed E-state index contributed by atoms with van der Waals surface area (Å²) in [5.41, 5.74) is 5.92. The van der Waals surface area contributed by atoms with Crippen LogP contribution in [0.4, 0.5) is 5.69 Å². The summed E-state index contributed by atoms with van der Waals surface area (Å²) in [6.45, 7) is 9.18. The fraction of sp³-hybridized carbons (Fsp3) is 0.591. The number of fused-ring (bicyclic) bond motifs is 2. The number of nitrogens with zero attached hydrogens (tertiary/aromatic N) is 3. The highest BCUT2D eigenvalue weighted by Crippen LogP contribution is 2.42. The average molecular weight is 351 g/mol. The smallest absolute Gasteiger partial charge is 0.0812 e. The summed E-state index contributed by atoms with van der Waals surface area (Å²) in [5, 5.41) is 3.67. The lowest BCUT2D eigenvalue weighted by Crippen LogP contribution is -2.27. The van der Waals surface area contributed by atoms with Crippen LogP contribution in [0.1, 0.15) is 87.6 Å². The van der Waals surface area contributed by atoms with Crippen LogP contribution in [-0.2, 0) is 6.42 Å². The first-order valence-electron chi connectivity index (χ1n) is 10.1. The van der Waals surface area contributed by atoms with Crippen LogP contribution in [0.25, 0.3) is 0 Å². The third kappa shape index (κ3) is 3.10. The Hall–Kier alpha value is -1.97. The van der Waals surface area contributed by atoms with Gasteiger partial charge in [0.05, 0.1) is 40.7 Å². The maximum Gasteiger partial charge on any atom is 0.0812 e. The monoisotopic (exact) mass is 350 g/mol. The van der Waals surface area contributed by atoms with Crippen molar-refractivity contribution in [2.45, 2.75) is 71.3 Å². The second-order valence-corrected chi connectivity index (χ2v) is 8.59. The summed E-state index contributed by atoms with van der Waals surface area (Å²) >= 11 is 0. The van der Waals surface area contributed by atoms with E-state index in [0.29, 0.717) is 23.7 Å². The number of aromatic nitrogens is 3. The first-order chi connectivity index (χ1) is 12.5. The molecule has 1 aliphatic heterocycles. The molecule has 138 valence electrons. The zero-order valence-electron chi connectivity index (χ0n) is 16.4. The molecule has 0 spiro atoms. The standard InChI is InChI=1S/C22H30N4/c1-13(2)15-7-5-8-17-21(15)24-12-20(26-17)19-11-16(14(3)4)22-18(25-19)9-6-10-23-22/h6,9-10,12-16,19,25H,5,7-8,11H2,1-4H3. The van der Waals surface area contributed by atoms with Crippen LogP contribution in [0.5, 0.6) is 0 Å². The van der Waals surface area contributed by atoms with Crippen molar-refractivity contribution >= 4 is 5.69 Å². The summed E-state index contributed by atoms with van der Waals surface area (Å²) in [4.78, 5) is 14.6. The van der Waals surface area contributed by atoms with Gasteiger partial charge in [0, 0.05) is 18.0 Å². The Morgan fingerprint density at radius 1 is 1.04 bits per heavy atom. The predicted octanol–water partition coefficient (Wildman–Crippen LogP) is 5.24. The van der Waals surface area contributed by atoms with Gasteiger partial charge < -0.3 is 5.32 Å². The summed E-state index contributed by atoms with van der Waals surface area (Å²) in [6, 6.07) is 4.37. The molecule has 4 rings (SSSR count). The summed E-state index contributed by atoms with van der Waals surface area (Å²) < 4.78 is 0. The molecule has 4 heteroatoms. The Labute approximate surface area is 156 Å². The molecule has 3 atom stereocenters. The van der Waals surface area contributed by atoms with Gasteiger partial charge in [0.2, 0.25) is 0 Å². The molecule has 4 nitrogen and oxygen atoms in total. The lowest BCUT2D eigenvalue weighted by Gasteiger charge is -2.34. The second kappa shape index (κ2) is 6.98. The molecule has 2 aliphatic rings. The van der Waals surface area contributed by atoms with Crippen LogP contribution in [-0.4, -0.2) is 15.0 Å². The minimum atomic E-state index is 0.219. The number of hydrogen-bond acceptors (Lipinski definition) is 4. The molecular weight excluding hydrogens is 320 g/mol. The van der Waals surface area contributed by atoms with E-state index in [-0.39, 0.29) is 6.04 Å². The van der Waals surface area contributed by atoms with Gasteiger partial charge in [0.1, 0.15) is 0 Å². The molecule has 0 bridgehead atoms. The van der Waals surface area contributed by atoms with Gasteiger partial charge in [-0.05, 0) is 49.7 Å². The molecule has 0 saturated heterocycles. The minimum absolute atomic E-state index is 0.219. The van der Waals surface area contributed by atoms with Gasteiger partial charge >= 0.3 is 0 Å². The van der Waals surface area contributed by atoms with E-state index in [1.165, 1.54) is 29.9 Å². The molecule has 3 heterocycles. The molecule has 3 unspecified atom stereocenters. The van der Waals surface area contributed by atoms with Crippen LogP contribution in [0, 0.1) is 11.8 Å². The zero-order valence-corrected chi connectivity index (χ0v) is 16.4. The predicted molar refractivity (Wildman–Crippen MR) is 105 cm³/mol. The Kier molecular flexibility index (Phi) is 4.68. The van der Waals surface area contributed by atoms with Crippen molar-refractivity contribution < 1.29 is 0 Å². The van der Waals surface area contributed by atoms with Gasteiger partial charge in [-0.2, -0.15) is 0 Å². The van der Waals surface area contributed by atoms with E-state index in [1.54, 1.807) is 0 Å². The number of hydrogen-bond donors (Lipinski definition) is 1. The fourth-order valence-electron chi connectivity index (χ4n) is 4.62. The minimum Gasteiger partial charge on any atom is -0.375 e. The van der Waals surface area contributed by atoms with Crippen LogP contribution in [0.2, 0.25) is 0 Å². The van der Waals surface area contributed by atoms with Crippen LogP contribution >= 0.6 is 0 Å². The fourth-order valence-corrected chi connectivity index (χ4v) is 4.62. The highest BCUT2D eigenvalue weighted by atomic mass is 15.0. The molecule has 1 aliphatic carbocycles. The van der Waals surface area contributed by atoms with Crippen molar-refractivity contribution in [1.82, 2.24) is 15.0 Å². The normalized spacial score (nSPS) is 24.9. The van der Waals surface area contributed by atoms with E-state index in [0.717, 1.165) is 24.2 Å². The van der Waals surface area contributed by atoms with E-state index in [9.17, 15) is 0 Å².